The number of nitrogens with one attached hydrogen (secondary N) is 1. The number of carbonyl (C=O) groups excluding carboxylic acids is 2. The average molecular weight is 374 g/mol. The molecule has 9 heteroatoms. The molecule has 0 spiro atoms. The standard InChI is InChI=1S/C15H23N3O4S2/c1-10(2)22-12(19)8-21-13(20)9-23-15-18-17-14(24-15)16-11-6-4-3-5-7-11/h10-11H,3-9H2,1-2H3,(H,16,17). The maximum absolute atomic E-state index is 11.6. The van der Waals surface area contributed by atoms with E-state index in [1.165, 1.54) is 55.2 Å². The molecule has 1 aromatic rings. The number of anilines is 1. The molecule has 1 fully saturated rings. The maximum Gasteiger partial charge on any atom is 0.344 e. The van der Waals surface area contributed by atoms with Crippen molar-refractivity contribution in [2.45, 2.75) is 62.4 Å². The van der Waals surface area contributed by atoms with Crippen LogP contribution < -0.4 is 5.32 Å². The Morgan fingerprint density at radius 1 is 1.25 bits per heavy atom. The van der Waals surface area contributed by atoms with Crippen molar-refractivity contribution >= 4 is 40.2 Å². The van der Waals surface area contributed by atoms with Crippen LogP contribution in [0, 0.1) is 0 Å². The highest BCUT2D eigenvalue weighted by Gasteiger charge is 2.16. The van der Waals surface area contributed by atoms with E-state index < -0.39 is 11.9 Å². The van der Waals surface area contributed by atoms with E-state index >= 15 is 0 Å². The lowest BCUT2D eigenvalue weighted by atomic mass is 9.96. The molecule has 7 nitrogen and oxygen atoms in total. The molecule has 1 aliphatic rings. The number of hydrogen-bond acceptors (Lipinski definition) is 9. The Kier molecular flexibility index (Phi) is 7.77. The minimum Gasteiger partial charge on any atom is -0.460 e. The van der Waals surface area contributed by atoms with Gasteiger partial charge in [0, 0.05) is 6.04 Å². The molecule has 1 saturated carbocycles. The summed E-state index contributed by atoms with van der Waals surface area (Å²) in [7, 11) is 0. The van der Waals surface area contributed by atoms with Gasteiger partial charge in [-0.15, -0.1) is 10.2 Å². The third-order valence-electron chi connectivity index (χ3n) is 3.37. The van der Waals surface area contributed by atoms with Crippen molar-refractivity contribution in [3.8, 4) is 0 Å². The molecule has 1 heterocycles. The van der Waals surface area contributed by atoms with Crippen molar-refractivity contribution in [3.63, 3.8) is 0 Å². The molecule has 134 valence electrons. The van der Waals surface area contributed by atoms with E-state index in [-0.39, 0.29) is 18.5 Å². The van der Waals surface area contributed by atoms with Crippen LogP contribution in [0.15, 0.2) is 4.34 Å². The normalized spacial score (nSPS) is 15.3. The number of carbonyl (C=O) groups is 2. The second-order valence-corrected chi connectivity index (χ2v) is 8.04. The summed E-state index contributed by atoms with van der Waals surface area (Å²) in [6.45, 7) is 3.12. The van der Waals surface area contributed by atoms with Gasteiger partial charge in [0.1, 0.15) is 0 Å². The molecule has 0 radical (unpaired) electrons. The van der Waals surface area contributed by atoms with Crippen LogP contribution in [-0.2, 0) is 19.1 Å². The summed E-state index contributed by atoms with van der Waals surface area (Å²) in [6.07, 6.45) is 5.93. The van der Waals surface area contributed by atoms with Gasteiger partial charge in [0.15, 0.2) is 10.9 Å². The Morgan fingerprint density at radius 2 is 2.00 bits per heavy atom. The third kappa shape index (κ3) is 7.04. The van der Waals surface area contributed by atoms with Crippen molar-refractivity contribution in [3.05, 3.63) is 0 Å². The quantitative estimate of drug-likeness (QED) is 0.549. The molecule has 2 rings (SSSR count). The van der Waals surface area contributed by atoms with Gasteiger partial charge in [-0.05, 0) is 26.7 Å². The zero-order valence-corrected chi connectivity index (χ0v) is 15.6. The first-order valence-corrected chi connectivity index (χ1v) is 9.91. The molecule has 0 amide bonds. The highest BCUT2D eigenvalue weighted by molar-refractivity contribution is 8.01. The van der Waals surface area contributed by atoms with Gasteiger partial charge in [-0.1, -0.05) is 42.4 Å². The van der Waals surface area contributed by atoms with Crippen molar-refractivity contribution < 1.29 is 19.1 Å². The van der Waals surface area contributed by atoms with E-state index in [4.69, 9.17) is 9.47 Å². The van der Waals surface area contributed by atoms with E-state index in [9.17, 15) is 9.59 Å². The predicted octanol–water partition coefficient (Wildman–Crippen LogP) is 2.87. The summed E-state index contributed by atoms with van der Waals surface area (Å²) < 4.78 is 10.5. The summed E-state index contributed by atoms with van der Waals surface area (Å²) in [6, 6.07) is 0.474. The Labute approximate surface area is 149 Å². The lowest BCUT2D eigenvalue weighted by Crippen LogP contribution is -2.21. The average Bonchev–Trinajstić information content (AvgIpc) is 2.99. The van der Waals surface area contributed by atoms with Gasteiger partial charge >= 0.3 is 11.9 Å². The highest BCUT2D eigenvalue weighted by atomic mass is 32.2. The van der Waals surface area contributed by atoms with E-state index in [1.807, 2.05) is 0 Å². The number of thioether (sulfide) groups is 1. The molecule has 0 bridgehead atoms. The second kappa shape index (κ2) is 9.83. The highest BCUT2D eigenvalue weighted by Crippen LogP contribution is 2.28. The number of aromatic nitrogens is 2. The molecule has 1 aliphatic carbocycles. The first kappa shape index (κ1) is 19.0. The molecule has 0 aromatic carbocycles. The molecular formula is C15H23N3O4S2. The molecule has 0 saturated heterocycles. The van der Waals surface area contributed by atoms with Crippen LogP contribution in [0.25, 0.3) is 0 Å². The fourth-order valence-electron chi connectivity index (χ4n) is 2.35. The molecule has 0 aliphatic heterocycles. The van der Waals surface area contributed by atoms with Gasteiger partial charge in [0.2, 0.25) is 5.13 Å². The fourth-order valence-corrected chi connectivity index (χ4v) is 3.97. The number of ether oxygens (including phenoxy) is 2. The molecule has 0 unspecified atom stereocenters. The smallest absolute Gasteiger partial charge is 0.344 e. The number of hydrogen-bond donors (Lipinski definition) is 1. The third-order valence-corrected chi connectivity index (χ3v) is 5.33. The van der Waals surface area contributed by atoms with E-state index in [1.54, 1.807) is 13.8 Å². The van der Waals surface area contributed by atoms with E-state index in [0.29, 0.717) is 10.4 Å². The lowest BCUT2D eigenvalue weighted by molar-refractivity contribution is -0.159. The van der Waals surface area contributed by atoms with Gasteiger partial charge in [0.05, 0.1) is 11.9 Å². The monoisotopic (exact) mass is 373 g/mol. The van der Waals surface area contributed by atoms with Crippen LogP contribution in [0.3, 0.4) is 0 Å². The molecular weight excluding hydrogens is 350 g/mol. The summed E-state index contributed by atoms with van der Waals surface area (Å²) >= 11 is 2.69. The molecule has 24 heavy (non-hydrogen) atoms. The number of rotatable bonds is 8. The number of esters is 2. The topological polar surface area (TPSA) is 90.4 Å². The van der Waals surface area contributed by atoms with Crippen LogP contribution in [0.4, 0.5) is 5.13 Å². The lowest BCUT2D eigenvalue weighted by Gasteiger charge is -2.21. The molecule has 0 atom stereocenters. The van der Waals surface area contributed by atoms with E-state index in [0.717, 1.165) is 5.13 Å². The van der Waals surface area contributed by atoms with Gasteiger partial charge in [-0.25, -0.2) is 4.79 Å². The largest absolute Gasteiger partial charge is 0.460 e. The Balaban J connectivity index is 1.66. The van der Waals surface area contributed by atoms with Crippen LogP contribution in [0.1, 0.15) is 46.0 Å². The Morgan fingerprint density at radius 3 is 2.71 bits per heavy atom. The maximum atomic E-state index is 11.6. The minimum atomic E-state index is -0.543. The SMILES string of the molecule is CC(C)OC(=O)COC(=O)CSc1nnc(NC2CCCCC2)s1. The molecule has 1 N–H and O–H groups in total. The zero-order chi connectivity index (χ0) is 17.4. The van der Waals surface area contributed by atoms with Crippen molar-refractivity contribution in [1.82, 2.24) is 10.2 Å². The Bertz CT molecular complexity index is 545. The first-order valence-electron chi connectivity index (χ1n) is 8.11. The predicted molar refractivity (Wildman–Crippen MR) is 93.3 cm³/mol. The van der Waals surface area contributed by atoms with Crippen LogP contribution in [-0.4, -0.2) is 46.6 Å². The van der Waals surface area contributed by atoms with Crippen LogP contribution in [0.2, 0.25) is 0 Å². The van der Waals surface area contributed by atoms with Crippen molar-refractivity contribution in [2.75, 3.05) is 17.7 Å². The van der Waals surface area contributed by atoms with E-state index in [2.05, 4.69) is 15.5 Å². The summed E-state index contributed by atoms with van der Waals surface area (Å²) in [4.78, 5) is 22.9. The summed E-state index contributed by atoms with van der Waals surface area (Å²) in [5.74, 6) is -0.927. The van der Waals surface area contributed by atoms with Gasteiger partial charge in [0.25, 0.3) is 0 Å². The van der Waals surface area contributed by atoms with Gasteiger partial charge in [-0.3, -0.25) is 4.79 Å². The first-order chi connectivity index (χ1) is 11.5. The minimum absolute atomic E-state index is 0.0903. The number of nitrogens with zero attached hydrogens (tertiary/aromatic N) is 2. The van der Waals surface area contributed by atoms with Crippen LogP contribution in [0.5, 0.6) is 0 Å². The Hall–Kier alpha value is -1.35. The second-order valence-electron chi connectivity index (χ2n) is 5.84. The zero-order valence-electron chi connectivity index (χ0n) is 13.9. The van der Waals surface area contributed by atoms with Crippen molar-refractivity contribution in [2.24, 2.45) is 0 Å². The van der Waals surface area contributed by atoms with Gasteiger partial charge < -0.3 is 14.8 Å². The van der Waals surface area contributed by atoms with Crippen LogP contribution >= 0.6 is 23.1 Å². The fraction of sp³-hybridized carbons (Fsp3) is 0.733. The summed E-state index contributed by atoms with van der Waals surface area (Å²) in [5.41, 5.74) is 0. The van der Waals surface area contributed by atoms with Gasteiger partial charge in [-0.2, -0.15) is 0 Å². The van der Waals surface area contributed by atoms with Crippen molar-refractivity contribution in [1.29, 1.82) is 0 Å². The molecule has 1 aromatic heterocycles. The summed E-state index contributed by atoms with van der Waals surface area (Å²) in [5, 5.41) is 12.4.